The van der Waals surface area contributed by atoms with Crippen molar-refractivity contribution in [2.45, 2.75) is 31.7 Å². The highest BCUT2D eigenvalue weighted by molar-refractivity contribution is 4.82. The van der Waals surface area contributed by atoms with Crippen molar-refractivity contribution in [2.75, 3.05) is 27.3 Å². The van der Waals surface area contributed by atoms with Crippen LogP contribution in [0.25, 0.3) is 0 Å². The lowest BCUT2D eigenvalue weighted by molar-refractivity contribution is 0.0351. The van der Waals surface area contributed by atoms with Gasteiger partial charge in [0.2, 0.25) is 0 Å². The van der Waals surface area contributed by atoms with Crippen LogP contribution in [0, 0.1) is 17.2 Å². The number of hydrogen-bond acceptors (Lipinski definition) is 3. The zero-order valence-corrected chi connectivity index (χ0v) is 9.20. The molecule has 3 heteroatoms. The topological polar surface area (TPSA) is 36.3 Å². The zero-order valence-electron chi connectivity index (χ0n) is 9.20. The molecule has 1 saturated heterocycles. The summed E-state index contributed by atoms with van der Waals surface area (Å²) in [6, 6.07) is 2.79. The molecule has 0 amide bonds. The first kappa shape index (κ1) is 11.5. The number of rotatable bonds is 4. The average Bonchev–Trinajstić information content (AvgIpc) is 2.19. The van der Waals surface area contributed by atoms with Gasteiger partial charge in [-0.05, 0) is 39.3 Å². The van der Waals surface area contributed by atoms with E-state index in [-0.39, 0.29) is 0 Å². The quantitative estimate of drug-likeness (QED) is 0.686. The van der Waals surface area contributed by atoms with Crippen molar-refractivity contribution in [1.82, 2.24) is 4.90 Å². The van der Waals surface area contributed by atoms with Gasteiger partial charge >= 0.3 is 0 Å². The van der Waals surface area contributed by atoms with E-state index in [1.54, 1.807) is 0 Å². The zero-order chi connectivity index (χ0) is 10.4. The fourth-order valence-electron chi connectivity index (χ4n) is 2.23. The minimum Gasteiger partial charge on any atom is -0.381 e. The summed E-state index contributed by atoms with van der Waals surface area (Å²) in [5.41, 5.74) is 0. The Morgan fingerprint density at radius 3 is 2.57 bits per heavy atom. The minimum absolute atomic E-state index is 0.554. The van der Waals surface area contributed by atoms with Crippen molar-refractivity contribution in [2.24, 2.45) is 5.92 Å². The summed E-state index contributed by atoms with van der Waals surface area (Å²) >= 11 is 0. The molecule has 1 rings (SSSR count). The molecule has 1 unspecified atom stereocenters. The Kier molecular flexibility index (Phi) is 4.92. The van der Waals surface area contributed by atoms with E-state index in [9.17, 15) is 0 Å². The summed E-state index contributed by atoms with van der Waals surface area (Å²) in [7, 11) is 4.22. The van der Waals surface area contributed by atoms with Gasteiger partial charge in [0.15, 0.2) is 0 Å². The maximum atomic E-state index is 8.60. The predicted octanol–water partition coefficient (Wildman–Crippen LogP) is 1.65. The molecule has 0 aromatic heterocycles. The Hall–Kier alpha value is -0.590. The second-order valence-corrected chi connectivity index (χ2v) is 4.18. The number of ether oxygens (including phenoxy) is 1. The summed E-state index contributed by atoms with van der Waals surface area (Å²) in [5, 5.41) is 8.60. The van der Waals surface area contributed by atoms with Crippen LogP contribution in [0.3, 0.4) is 0 Å². The van der Waals surface area contributed by atoms with Gasteiger partial charge < -0.3 is 9.64 Å². The molecule has 0 saturated carbocycles. The molecular weight excluding hydrogens is 176 g/mol. The van der Waals surface area contributed by atoms with Crippen LogP contribution in [-0.4, -0.2) is 38.3 Å². The van der Waals surface area contributed by atoms with Crippen LogP contribution in [0.1, 0.15) is 25.7 Å². The Morgan fingerprint density at radius 2 is 2.07 bits per heavy atom. The Labute approximate surface area is 86.6 Å². The highest BCUT2D eigenvalue weighted by Gasteiger charge is 2.24. The Bertz CT molecular complexity index is 192. The fraction of sp³-hybridized carbons (Fsp3) is 0.909. The standard InChI is InChI=1S/C11H20N2O/c1-13(2)11(4-3-7-12)10-5-8-14-9-6-10/h10-11H,3-6,8-9H2,1-2H3. The molecule has 1 aliphatic heterocycles. The first-order valence-electron chi connectivity index (χ1n) is 5.37. The molecule has 1 atom stereocenters. The fourth-order valence-corrected chi connectivity index (χ4v) is 2.23. The van der Waals surface area contributed by atoms with E-state index in [2.05, 4.69) is 25.1 Å². The van der Waals surface area contributed by atoms with Gasteiger partial charge in [0.1, 0.15) is 0 Å². The van der Waals surface area contributed by atoms with E-state index in [0.717, 1.165) is 32.5 Å². The van der Waals surface area contributed by atoms with Crippen LogP contribution in [0.2, 0.25) is 0 Å². The van der Waals surface area contributed by atoms with Crippen molar-refractivity contribution in [3.8, 4) is 6.07 Å². The number of nitrogens with zero attached hydrogens (tertiary/aromatic N) is 2. The molecule has 0 bridgehead atoms. The SMILES string of the molecule is CN(C)C(CCC#N)C1CCOCC1. The van der Waals surface area contributed by atoms with Gasteiger partial charge in [0.25, 0.3) is 0 Å². The first-order valence-corrected chi connectivity index (χ1v) is 5.37. The van der Waals surface area contributed by atoms with Crippen LogP contribution in [0.15, 0.2) is 0 Å². The maximum Gasteiger partial charge on any atom is 0.0622 e. The maximum absolute atomic E-state index is 8.60. The molecule has 1 aliphatic rings. The molecule has 0 spiro atoms. The van der Waals surface area contributed by atoms with E-state index < -0.39 is 0 Å². The van der Waals surface area contributed by atoms with Crippen LogP contribution in [-0.2, 0) is 4.74 Å². The van der Waals surface area contributed by atoms with E-state index in [0.29, 0.717) is 18.4 Å². The molecule has 0 aromatic rings. The summed E-state index contributed by atoms with van der Waals surface area (Å²) in [6.45, 7) is 1.78. The molecular formula is C11H20N2O. The van der Waals surface area contributed by atoms with Gasteiger partial charge in [-0.2, -0.15) is 5.26 Å². The molecule has 80 valence electrons. The lowest BCUT2D eigenvalue weighted by Crippen LogP contribution is -2.38. The van der Waals surface area contributed by atoms with E-state index in [1.807, 2.05) is 0 Å². The lowest BCUT2D eigenvalue weighted by Gasteiger charge is -2.34. The third kappa shape index (κ3) is 3.28. The van der Waals surface area contributed by atoms with Crippen LogP contribution in [0.5, 0.6) is 0 Å². The van der Waals surface area contributed by atoms with Crippen molar-refractivity contribution in [3.05, 3.63) is 0 Å². The third-order valence-corrected chi connectivity index (χ3v) is 3.03. The van der Waals surface area contributed by atoms with Gasteiger partial charge in [-0.1, -0.05) is 0 Å². The van der Waals surface area contributed by atoms with Gasteiger partial charge in [-0.15, -0.1) is 0 Å². The van der Waals surface area contributed by atoms with Crippen LogP contribution >= 0.6 is 0 Å². The molecule has 0 radical (unpaired) electrons. The van der Waals surface area contributed by atoms with Gasteiger partial charge in [-0.3, -0.25) is 0 Å². The Balaban J connectivity index is 2.43. The molecule has 0 aromatic carbocycles. The van der Waals surface area contributed by atoms with Crippen molar-refractivity contribution in [3.63, 3.8) is 0 Å². The summed E-state index contributed by atoms with van der Waals surface area (Å²) in [6.07, 6.45) is 3.96. The summed E-state index contributed by atoms with van der Waals surface area (Å²) in [5.74, 6) is 0.715. The molecule has 1 fully saturated rings. The number of nitriles is 1. The van der Waals surface area contributed by atoms with Gasteiger partial charge in [0, 0.05) is 25.7 Å². The molecule has 1 heterocycles. The van der Waals surface area contributed by atoms with E-state index in [4.69, 9.17) is 10.00 Å². The predicted molar refractivity (Wildman–Crippen MR) is 55.9 cm³/mol. The minimum atomic E-state index is 0.554. The summed E-state index contributed by atoms with van der Waals surface area (Å²) in [4.78, 5) is 2.26. The smallest absolute Gasteiger partial charge is 0.0622 e. The van der Waals surface area contributed by atoms with Gasteiger partial charge in [0.05, 0.1) is 6.07 Å². The van der Waals surface area contributed by atoms with E-state index >= 15 is 0 Å². The van der Waals surface area contributed by atoms with Crippen molar-refractivity contribution < 1.29 is 4.74 Å². The molecule has 14 heavy (non-hydrogen) atoms. The van der Waals surface area contributed by atoms with E-state index in [1.165, 1.54) is 0 Å². The second-order valence-electron chi connectivity index (χ2n) is 4.18. The molecule has 3 nitrogen and oxygen atoms in total. The normalized spacial score (nSPS) is 20.7. The van der Waals surface area contributed by atoms with Crippen LogP contribution < -0.4 is 0 Å². The highest BCUT2D eigenvalue weighted by Crippen LogP contribution is 2.24. The number of hydrogen-bond donors (Lipinski definition) is 0. The van der Waals surface area contributed by atoms with Crippen LogP contribution in [0.4, 0.5) is 0 Å². The largest absolute Gasteiger partial charge is 0.381 e. The van der Waals surface area contributed by atoms with Crippen molar-refractivity contribution >= 4 is 0 Å². The molecule has 0 aliphatic carbocycles. The molecule has 0 N–H and O–H groups in total. The average molecular weight is 196 g/mol. The first-order chi connectivity index (χ1) is 6.75. The second kappa shape index (κ2) is 6.00. The summed E-state index contributed by atoms with van der Waals surface area (Å²) < 4.78 is 5.35. The van der Waals surface area contributed by atoms with Gasteiger partial charge in [-0.25, -0.2) is 0 Å². The Morgan fingerprint density at radius 1 is 1.43 bits per heavy atom. The lowest BCUT2D eigenvalue weighted by atomic mass is 9.88. The monoisotopic (exact) mass is 196 g/mol. The van der Waals surface area contributed by atoms with Crippen molar-refractivity contribution in [1.29, 1.82) is 5.26 Å². The highest BCUT2D eigenvalue weighted by atomic mass is 16.5. The third-order valence-electron chi connectivity index (χ3n) is 3.03.